The number of methoxy groups -OCH3 is 2. The fourth-order valence-electron chi connectivity index (χ4n) is 12.8. The molecule has 7 nitrogen and oxygen atoms in total. The van der Waals surface area contributed by atoms with Crippen molar-refractivity contribution in [2.45, 2.75) is 64.0 Å². The Balaban J connectivity index is 0.000000205. The second-order valence-electron chi connectivity index (χ2n) is 21.3. The third-order valence-corrected chi connectivity index (χ3v) is 16.6. The van der Waals surface area contributed by atoms with Crippen molar-refractivity contribution in [3.63, 3.8) is 0 Å². The maximum absolute atomic E-state index is 12.2. The van der Waals surface area contributed by atoms with E-state index in [9.17, 15) is 15.3 Å². The summed E-state index contributed by atoms with van der Waals surface area (Å²) in [4.78, 5) is 2.26. The van der Waals surface area contributed by atoms with Gasteiger partial charge in [0.05, 0.1) is 13.2 Å². The monoisotopic (exact) mass is 1020 g/mol. The number of para-hydroxylation sites is 1. The molecule has 0 unspecified atom stereocenters. The summed E-state index contributed by atoms with van der Waals surface area (Å²) in [7, 11) is 3.34. The number of hydrogen-bond donors (Lipinski definition) is 4. The summed E-state index contributed by atoms with van der Waals surface area (Å²) in [6.07, 6.45) is 0. The van der Waals surface area contributed by atoms with Gasteiger partial charge in [0.15, 0.2) is 0 Å². The van der Waals surface area contributed by atoms with E-state index < -0.39 is 10.8 Å². The Kier molecular flexibility index (Phi) is 14.8. The predicted octanol–water partition coefficient (Wildman–Crippen LogP) is 14.4. The van der Waals surface area contributed by atoms with E-state index in [1.165, 1.54) is 66.8 Å². The Bertz CT molecular complexity index is 3480. The van der Waals surface area contributed by atoms with Gasteiger partial charge in [-0.15, -0.1) is 0 Å². The van der Waals surface area contributed by atoms with Crippen LogP contribution in [-0.2, 0) is 38.8 Å². The maximum Gasteiger partial charge on any atom is 0.124 e. The summed E-state index contributed by atoms with van der Waals surface area (Å²) in [5, 5.41) is 34.8. The molecule has 12 rings (SSSR count). The number of phenols is 3. The molecule has 0 radical (unpaired) electrons. The van der Waals surface area contributed by atoms with Crippen LogP contribution in [0.1, 0.15) is 93.1 Å². The van der Waals surface area contributed by atoms with Crippen LogP contribution in [0.2, 0.25) is 0 Å². The van der Waals surface area contributed by atoms with Gasteiger partial charge in [-0.2, -0.15) is 0 Å². The molecule has 0 fully saturated rings. The van der Waals surface area contributed by atoms with Gasteiger partial charge in [-0.05, 0) is 107 Å². The number of nitrogens with two attached hydrogens (primary N) is 1. The first-order chi connectivity index (χ1) is 37.3. The fourth-order valence-corrected chi connectivity index (χ4v) is 12.8. The van der Waals surface area contributed by atoms with Crippen LogP contribution >= 0.6 is 0 Å². The first-order valence-corrected chi connectivity index (χ1v) is 26.7. The smallest absolute Gasteiger partial charge is 0.124 e. The molecule has 0 saturated carbocycles. The van der Waals surface area contributed by atoms with Gasteiger partial charge in [-0.1, -0.05) is 199 Å². The Labute approximate surface area is 454 Å². The molecule has 0 heterocycles. The Morgan fingerprint density at radius 3 is 1.17 bits per heavy atom. The number of phenolic OH excluding ortho intramolecular Hbond substituents is 3. The molecule has 9 aromatic rings. The minimum absolute atomic E-state index is 0.310. The van der Waals surface area contributed by atoms with Gasteiger partial charge in [0.1, 0.15) is 17.2 Å². The van der Waals surface area contributed by atoms with E-state index in [-0.39, 0.29) is 5.41 Å². The average molecular weight is 1020 g/mol. The van der Waals surface area contributed by atoms with Crippen molar-refractivity contribution in [3.8, 4) is 50.6 Å². The molecule has 0 bridgehead atoms. The molecular formula is C70H70N2O5. The number of aromatic hydroxyl groups is 3. The lowest BCUT2D eigenvalue weighted by Crippen LogP contribution is -2.28. The first-order valence-electron chi connectivity index (χ1n) is 26.7. The molecule has 3 aliphatic carbocycles. The molecule has 7 heteroatoms. The molecule has 5 N–H and O–H groups in total. The summed E-state index contributed by atoms with van der Waals surface area (Å²) < 4.78 is 10.1. The minimum Gasteiger partial charge on any atom is -0.508 e. The van der Waals surface area contributed by atoms with Crippen LogP contribution in [0, 0.1) is 13.8 Å². The highest BCUT2D eigenvalue weighted by Crippen LogP contribution is 2.57. The molecule has 0 aliphatic heterocycles. The van der Waals surface area contributed by atoms with Crippen LogP contribution in [-0.4, -0.2) is 60.7 Å². The molecule has 77 heavy (non-hydrogen) atoms. The summed E-state index contributed by atoms with van der Waals surface area (Å²) in [5.74, 6) is 0.987. The van der Waals surface area contributed by atoms with E-state index in [2.05, 4.69) is 220 Å². The van der Waals surface area contributed by atoms with Gasteiger partial charge in [-0.25, -0.2) is 0 Å². The number of hydrogen-bond acceptors (Lipinski definition) is 7. The van der Waals surface area contributed by atoms with Gasteiger partial charge >= 0.3 is 0 Å². The van der Waals surface area contributed by atoms with Crippen molar-refractivity contribution in [2.24, 2.45) is 5.73 Å². The van der Waals surface area contributed by atoms with E-state index in [1.807, 2.05) is 12.1 Å². The van der Waals surface area contributed by atoms with E-state index in [0.29, 0.717) is 56.6 Å². The lowest BCUT2D eigenvalue weighted by molar-refractivity contribution is 0.138. The number of benzene rings is 9. The van der Waals surface area contributed by atoms with Gasteiger partial charge in [-0.3, -0.25) is 4.90 Å². The molecule has 9 aromatic carbocycles. The van der Waals surface area contributed by atoms with Crippen molar-refractivity contribution < 1.29 is 24.8 Å². The predicted molar refractivity (Wildman–Crippen MR) is 313 cm³/mol. The summed E-state index contributed by atoms with van der Waals surface area (Å²) in [6, 6.07) is 67.5. The van der Waals surface area contributed by atoms with Gasteiger partial charge < -0.3 is 30.5 Å². The third kappa shape index (κ3) is 9.11. The van der Waals surface area contributed by atoms with Crippen LogP contribution in [0.5, 0.6) is 17.2 Å². The second kappa shape index (κ2) is 21.7. The summed E-state index contributed by atoms with van der Waals surface area (Å²) >= 11 is 0. The fraction of sp³-hybridized carbons (Fsp3) is 0.229. The van der Waals surface area contributed by atoms with E-state index >= 15 is 0 Å². The van der Waals surface area contributed by atoms with Gasteiger partial charge in [0.25, 0.3) is 0 Å². The lowest BCUT2D eigenvalue weighted by Gasteiger charge is -2.32. The maximum atomic E-state index is 12.2. The molecule has 0 aromatic heterocycles. The van der Waals surface area contributed by atoms with Crippen molar-refractivity contribution in [1.82, 2.24) is 4.90 Å². The zero-order valence-corrected chi connectivity index (χ0v) is 45.4. The van der Waals surface area contributed by atoms with E-state index in [4.69, 9.17) is 10.5 Å². The Morgan fingerprint density at radius 1 is 0.390 bits per heavy atom. The highest BCUT2D eigenvalue weighted by atomic mass is 16.5. The normalized spacial score (nSPS) is 14.2. The number of nitrogens with zero attached hydrogens (tertiary/aromatic N) is 1. The van der Waals surface area contributed by atoms with Crippen LogP contribution in [0.4, 0.5) is 0 Å². The van der Waals surface area contributed by atoms with Gasteiger partial charge in [0, 0.05) is 84.5 Å². The Morgan fingerprint density at radius 2 is 0.753 bits per heavy atom. The minimum atomic E-state index is -0.509. The van der Waals surface area contributed by atoms with Crippen molar-refractivity contribution in [2.75, 3.05) is 40.5 Å². The topological polar surface area (TPSA) is 108 Å². The molecule has 0 saturated heterocycles. The van der Waals surface area contributed by atoms with E-state index in [1.54, 1.807) is 20.3 Å². The number of fused-ring (bicyclic) bond motifs is 9. The summed E-state index contributed by atoms with van der Waals surface area (Å²) in [6.45, 7) is 14.3. The molecular weight excluding hydrogens is 949 g/mol. The van der Waals surface area contributed by atoms with Crippen LogP contribution in [0.3, 0.4) is 0 Å². The highest BCUT2D eigenvalue weighted by molar-refractivity contribution is 5.86. The number of rotatable bonds is 12. The first kappa shape index (κ1) is 52.7. The molecule has 0 spiro atoms. The quantitative estimate of drug-likeness (QED) is 0.0965. The third-order valence-electron chi connectivity index (χ3n) is 16.6. The van der Waals surface area contributed by atoms with E-state index in [0.717, 1.165) is 38.9 Å². The van der Waals surface area contributed by atoms with Gasteiger partial charge in [0.2, 0.25) is 0 Å². The number of aryl methyl sites for hydroxylation is 2. The average Bonchev–Trinajstić information content (AvgIpc) is 4.07. The molecule has 0 amide bonds. The Hall–Kier alpha value is -7.78. The number of ether oxygens (including phenoxy) is 2. The molecule has 0 atom stereocenters. The van der Waals surface area contributed by atoms with Crippen molar-refractivity contribution in [3.05, 3.63) is 266 Å². The van der Waals surface area contributed by atoms with Crippen LogP contribution < -0.4 is 5.73 Å². The largest absolute Gasteiger partial charge is 0.508 e. The highest BCUT2D eigenvalue weighted by Gasteiger charge is 2.45. The van der Waals surface area contributed by atoms with Crippen LogP contribution in [0.15, 0.2) is 194 Å². The zero-order valence-electron chi connectivity index (χ0n) is 45.4. The van der Waals surface area contributed by atoms with Crippen molar-refractivity contribution >= 4 is 0 Å². The second-order valence-corrected chi connectivity index (χ2v) is 21.3. The molecule has 390 valence electrons. The van der Waals surface area contributed by atoms with Crippen molar-refractivity contribution in [1.29, 1.82) is 0 Å². The zero-order chi connectivity index (χ0) is 54.1. The summed E-state index contributed by atoms with van der Waals surface area (Å²) in [5.41, 5.74) is 25.1. The lowest BCUT2D eigenvalue weighted by atomic mass is 9.73. The van der Waals surface area contributed by atoms with Crippen LogP contribution in [0.25, 0.3) is 33.4 Å². The molecule has 3 aliphatic rings. The SMILES string of the molecule is COCCN.COCCN(Cc1cccc(C2(C)c3ccccc3-c3ccccc32)c1O)Cc1cc(C)cc(C2(C)c3ccccc3-c3ccccc32)c1O.Cc1ccc(O)c(C2(C)c3ccccc3-c3ccccc32)c1. The standard InChI is InChI=1S/C46H43NO3.C21H18O.C3H9NO/c1-30-26-32(44(49)42(27-30)46(3)39-21-11-7-17-35(39)36-18-8-12-22-40(36)46)29-47(24-25-50-4)28-31-14-13-23-41(43(31)48)45(2)37-19-9-5-15-33(37)34-16-6-10-20-38(34)45;1-14-11-12-20(22)19(13-14)21(2)17-9-5-3-7-15(17)16-8-4-6-10-18(16)21;1-5-3-2-4/h5-23,26-27,48-49H,24-25,28-29H2,1-4H3;3-13,22H,1-2H3;2-4H2,1H3.